The van der Waals surface area contributed by atoms with Crippen molar-refractivity contribution >= 4 is 0 Å². The average Bonchev–Trinajstić information content (AvgIpc) is 2.07. The summed E-state index contributed by atoms with van der Waals surface area (Å²) in [5, 5.41) is 0. The van der Waals surface area contributed by atoms with Crippen molar-refractivity contribution in [2.75, 3.05) is 0 Å². The Morgan fingerprint density at radius 1 is 0.765 bits per heavy atom. The Bertz CT molecular complexity index is 347. The summed E-state index contributed by atoms with van der Waals surface area (Å²) in [5.41, 5.74) is 0.674. The molecule has 0 saturated heterocycles. The summed E-state index contributed by atoms with van der Waals surface area (Å²) in [7, 11) is 0. The van der Waals surface area contributed by atoms with Crippen molar-refractivity contribution in [2.45, 2.75) is 59.7 Å². The van der Waals surface area contributed by atoms with E-state index >= 15 is 0 Å². The third-order valence-corrected chi connectivity index (χ3v) is 2.07. The SMILES string of the molecule is Cc1c(OC(C)(C)C)cccc1OC(C)(C)C. The summed E-state index contributed by atoms with van der Waals surface area (Å²) in [5.74, 6) is 1.78. The molecule has 1 aromatic rings. The van der Waals surface area contributed by atoms with Gasteiger partial charge in [-0.15, -0.1) is 0 Å². The van der Waals surface area contributed by atoms with Crippen molar-refractivity contribution in [2.24, 2.45) is 0 Å². The molecule has 0 atom stereocenters. The minimum absolute atomic E-state index is 0.189. The summed E-state index contributed by atoms with van der Waals surface area (Å²) in [6.07, 6.45) is 0. The van der Waals surface area contributed by atoms with E-state index in [-0.39, 0.29) is 11.2 Å². The van der Waals surface area contributed by atoms with Gasteiger partial charge in [0.1, 0.15) is 22.7 Å². The first-order valence-corrected chi connectivity index (χ1v) is 6.06. The van der Waals surface area contributed by atoms with Crippen LogP contribution in [-0.2, 0) is 0 Å². The maximum Gasteiger partial charge on any atom is 0.126 e. The predicted octanol–water partition coefficient (Wildman–Crippen LogP) is 4.35. The molecule has 96 valence electrons. The van der Waals surface area contributed by atoms with Crippen LogP contribution in [0.2, 0.25) is 0 Å². The fourth-order valence-electron chi connectivity index (χ4n) is 1.48. The van der Waals surface area contributed by atoms with Crippen molar-refractivity contribution in [1.29, 1.82) is 0 Å². The lowest BCUT2D eigenvalue weighted by Crippen LogP contribution is -2.25. The van der Waals surface area contributed by atoms with E-state index in [1.807, 2.05) is 66.7 Å². The molecule has 0 bridgehead atoms. The van der Waals surface area contributed by atoms with Crippen LogP contribution in [0.1, 0.15) is 47.1 Å². The van der Waals surface area contributed by atoms with Crippen LogP contribution in [0.3, 0.4) is 0 Å². The number of ether oxygens (including phenoxy) is 2. The zero-order valence-electron chi connectivity index (χ0n) is 12.0. The fraction of sp³-hybridized carbons (Fsp3) is 0.600. The Labute approximate surface area is 105 Å². The number of hydrogen-bond acceptors (Lipinski definition) is 2. The quantitative estimate of drug-likeness (QED) is 0.760. The molecule has 0 fully saturated rings. The maximum absolute atomic E-state index is 5.91. The number of rotatable bonds is 2. The first kappa shape index (κ1) is 13.9. The van der Waals surface area contributed by atoms with Crippen LogP contribution in [0.4, 0.5) is 0 Å². The molecule has 0 spiro atoms. The summed E-state index contributed by atoms with van der Waals surface area (Å²) in [6, 6.07) is 5.93. The Balaban J connectivity index is 3.00. The smallest absolute Gasteiger partial charge is 0.126 e. The molecule has 2 heteroatoms. The molecule has 0 aliphatic carbocycles. The molecule has 0 heterocycles. The molecule has 0 amide bonds. The van der Waals surface area contributed by atoms with E-state index in [1.54, 1.807) is 0 Å². The van der Waals surface area contributed by atoms with Gasteiger partial charge in [0.25, 0.3) is 0 Å². The highest BCUT2D eigenvalue weighted by Crippen LogP contribution is 2.31. The van der Waals surface area contributed by atoms with Crippen molar-refractivity contribution < 1.29 is 9.47 Å². The Morgan fingerprint density at radius 3 is 1.41 bits per heavy atom. The second-order valence-electron chi connectivity index (χ2n) is 6.31. The van der Waals surface area contributed by atoms with Gasteiger partial charge in [0.2, 0.25) is 0 Å². The average molecular weight is 236 g/mol. The number of hydrogen-bond donors (Lipinski definition) is 0. The van der Waals surface area contributed by atoms with E-state index in [0.717, 1.165) is 17.1 Å². The first-order chi connectivity index (χ1) is 7.58. The fourth-order valence-corrected chi connectivity index (χ4v) is 1.48. The van der Waals surface area contributed by atoms with Gasteiger partial charge in [-0.2, -0.15) is 0 Å². The van der Waals surface area contributed by atoms with Gasteiger partial charge < -0.3 is 9.47 Å². The van der Waals surface area contributed by atoms with Gasteiger partial charge in [-0.05, 0) is 60.6 Å². The van der Waals surface area contributed by atoms with Crippen molar-refractivity contribution in [1.82, 2.24) is 0 Å². The van der Waals surface area contributed by atoms with Gasteiger partial charge in [0.15, 0.2) is 0 Å². The second-order valence-corrected chi connectivity index (χ2v) is 6.31. The highest BCUT2D eigenvalue weighted by atomic mass is 16.5. The number of benzene rings is 1. The lowest BCUT2D eigenvalue weighted by Gasteiger charge is -2.26. The predicted molar refractivity (Wildman–Crippen MR) is 71.9 cm³/mol. The molecule has 1 aromatic carbocycles. The van der Waals surface area contributed by atoms with Crippen LogP contribution >= 0.6 is 0 Å². The topological polar surface area (TPSA) is 18.5 Å². The normalized spacial score (nSPS) is 12.4. The Hall–Kier alpha value is -1.18. The molecule has 0 N–H and O–H groups in total. The second kappa shape index (κ2) is 4.59. The van der Waals surface area contributed by atoms with E-state index in [9.17, 15) is 0 Å². The van der Waals surface area contributed by atoms with Gasteiger partial charge in [-0.1, -0.05) is 6.07 Å². The highest BCUT2D eigenvalue weighted by Gasteiger charge is 2.18. The van der Waals surface area contributed by atoms with Gasteiger partial charge >= 0.3 is 0 Å². The molecular formula is C15H24O2. The maximum atomic E-state index is 5.91. The zero-order valence-corrected chi connectivity index (χ0v) is 12.0. The van der Waals surface area contributed by atoms with E-state index < -0.39 is 0 Å². The third kappa shape index (κ3) is 4.68. The summed E-state index contributed by atoms with van der Waals surface area (Å²) < 4.78 is 11.8. The van der Waals surface area contributed by atoms with E-state index in [4.69, 9.17) is 9.47 Å². The summed E-state index contributed by atoms with van der Waals surface area (Å²) in [4.78, 5) is 0. The molecule has 2 nitrogen and oxygen atoms in total. The summed E-state index contributed by atoms with van der Waals surface area (Å²) in [6.45, 7) is 14.3. The molecule has 0 aliphatic rings. The van der Waals surface area contributed by atoms with Crippen molar-refractivity contribution in [3.8, 4) is 11.5 Å². The van der Waals surface area contributed by atoms with Crippen LogP contribution in [0.25, 0.3) is 0 Å². The van der Waals surface area contributed by atoms with E-state index in [1.165, 1.54) is 0 Å². The molecule has 1 rings (SSSR count). The monoisotopic (exact) mass is 236 g/mol. The lowest BCUT2D eigenvalue weighted by atomic mass is 10.1. The van der Waals surface area contributed by atoms with E-state index in [2.05, 4.69) is 0 Å². The Morgan fingerprint density at radius 2 is 1.12 bits per heavy atom. The standard InChI is InChI=1S/C15H24O2/c1-11-12(16-14(2,3)4)9-8-10-13(11)17-15(5,6)7/h8-10H,1-7H3. The van der Waals surface area contributed by atoms with E-state index in [0.29, 0.717) is 0 Å². The molecular weight excluding hydrogens is 212 g/mol. The van der Waals surface area contributed by atoms with Gasteiger partial charge in [-0.25, -0.2) is 0 Å². The molecule has 0 aliphatic heterocycles. The van der Waals surface area contributed by atoms with Crippen molar-refractivity contribution in [3.05, 3.63) is 23.8 Å². The van der Waals surface area contributed by atoms with Gasteiger partial charge in [-0.3, -0.25) is 0 Å². The molecule has 0 saturated carbocycles. The minimum atomic E-state index is -0.189. The van der Waals surface area contributed by atoms with Crippen LogP contribution in [0, 0.1) is 6.92 Å². The molecule has 0 aromatic heterocycles. The minimum Gasteiger partial charge on any atom is -0.488 e. The van der Waals surface area contributed by atoms with Crippen LogP contribution in [0.15, 0.2) is 18.2 Å². The van der Waals surface area contributed by atoms with Crippen LogP contribution < -0.4 is 9.47 Å². The summed E-state index contributed by atoms with van der Waals surface area (Å²) >= 11 is 0. The zero-order chi connectivity index (χ0) is 13.3. The third-order valence-electron chi connectivity index (χ3n) is 2.07. The largest absolute Gasteiger partial charge is 0.488 e. The molecule has 0 radical (unpaired) electrons. The van der Waals surface area contributed by atoms with Crippen molar-refractivity contribution in [3.63, 3.8) is 0 Å². The van der Waals surface area contributed by atoms with Gasteiger partial charge in [0, 0.05) is 5.56 Å². The molecule has 17 heavy (non-hydrogen) atoms. The highest BCUT2D eigenvalue weighted by molar-refractivity contribution is 5.44. The Kier molecular flexibility index (Phi) is 3.75. The van der Waals surface area contributed by atoms with Crippen LogP contribution in [-0.4, -0.2) is 11.2 Å². The van der Waals surface area contributed by atoms with Gasteiger partial charge in [0.05, 0.1) is 0 Å². The van der Waals surface area contributed by atoms with Crippen LogP contribution in [0.5, 0.6) is 11.5 Å². The first-order valence-electron chi connectivity index (χ1n) is 6.06. The lowest BCUT2D eigenvalue weighted by molar-refractivity contribution is 0.119. The molecule has 0 unspecified atom stereocenters.